The second-order valence-corrected chi connectivity index (χ2v) is 7.27. The number of esters is 1. The van der Waals surface area contributed by atoms with Crippen molar-refractivity contribution in [3.8, 4) is 0 Å². The average molecular weight is 381 g/mol. The van der Waals surface area contributed by atoms with Crippen LogP contribution in [0.1, 0.15) is 36.9 Å². The molecule has 2 aromatic rings. The van der Waals surface area contributed by atoms with Gasteiger partial charge in [-0.15, -0.1) is 0 Å². The van der Waals surface area contributed by atoms with E-state index >= 15 is 0 Å². The van der Waals surface area contributed by atoms with Gasteiger partial charge in [0.2, 0.25) is 0 Å². The van der Waals surface area contributed by atoms with E-state index in [9.17, 15) is 9.59 Å². The van der Waals surface area contributed by atoms with Crippen molar-refractivity contribution < 1.29 is 19.2 Å². The molecule has 0 atom stereocenters. The summed E-state index contributed by atoms with van der Waals surface area (Å²) in [6, 6.07) is 19.9. The van der Waals surface area contributed by atoms with Crippen LogP contribution in [0.15, 0.2) is 60.7 Å². The zero-order valence-corrected chi connectivity index (χ0v) is 16.4. The van der Waals surface area contributed by atoms with Crippen LogP contribution in [0.4, 0.5) is 0 Å². The topological polar surface area (TPSA) is 59.8 Å². The van der Waals surface area contributed by atoms with Crippen molar-refractivity contribution in [3.63, 3.8) is 0 Å². The first-order chi connectivity index (χ1) is 13.7. The van der Waals surface area contributed by atoms with Crippen molar-refractivity contribution in [1.29, 1.82) is 0 Å². The van der Waals surface area contributed by atoms with E-state index < -0.39 is 0 Å². The molecule has 1 heterocycles. The molecule has 1 saturated heterocycles. The summed E-state index contributed by atoms with van der Waals surface area (Å²) in [7, 11) is 0. The van der Waals surface area contributed by atoms with Gasteiger partial charge in [-0.25, -0.2) is 0 Å². The molecule has 3 rings (SSSR count). The van der Waals surface area contributed by atoms with Gasteiger partial charge in [-0.3, -0.25) is 9.59 Å². The Kier molecular flexibility index (Phi) is 7.20. The van der Waals surface area contributed by atoms with Crippen LogP contribution < -0.4 is 10.2 Å². The number of carbonyl (C=O) groups excluding carboxylic acids is 2. The summed E-state index contributed by atoms with van der Waals surface area (Å²) < 4.78 is 5.12. The van der Waals surface area contributed by atoms with E-state index in [2.05, 4.69) is 5.32 Å². The van der Waals surface area contributed by atoms with Gasteiger partial charge in [0.25, 0.3) is 5.91 Å². The first kappa shape index (κ1) is 20.1. The molecule has 1 aliphatic heterocycles. The molecular weight excluding hydrogens is 352 g/mol. The van der Waals surface area contributed by atoms with Crippen molar-refractivity contribution >= 4 is 11.9 Å². The maximum atomic E-state index is 12.8. The predicted octanol–water partition coefficient (Wildman–Crippen LogP) is 1.75. The van der Waals surface area contributed by atoms with Crippen molar-refractivity contribution in [1.82, 2.24) is 5.32 Å². The normalized spacial score (nSPS) is 19.2. The number of piperidine rings is 1. The second-order valence-electron chi connectivity index (χ2n) is 7.27. The molecule has 1 fully saturated rings. The first-order valence-corrected chi connectivity index (χ1v) is 10.1. The predicted molar refractivity (Wildman–Crippen MR) is 108 cm³/mol. The highest BCUT2D eigenvalue weighted by Crippen LogP contribution is 2.21. The van der Waals surface area contributed by atoms with Gasteiger partial charge in [0.05, 0.1) is 31.7 Å². The Bertz CT molecular complexity index is 716. The Labute approximate surface area is 166 Å². The second kappa shape index (κ2) is 10.0. The summed E-state index contributed by atoms with van der Waals surface area (Å²) in [5, 5.41) is 3.20. The number of hydrogen-bond acceptors (Lipinski definition) is 3. The largest absolute Gasteiger partial charge is 0.466 e. The van der Waals surface area contributed by atoms with Gasteiger partial charge in [-0.2, -0.15) is 0 Å². The quantitative estimate of drug-likeness (QED) is 0.719. The number of ether oxygens (including phenoxy) is 1. The van der Waals surface area contributed by atoms with Gasteiger partial charge in [-0.1, -0.05) is 60.7 Å². The molecule has 0 aromatic heterocycles. The van der Waals surface area contributed by atoms with Crippen LogP contribution >= 0.6 is 0 Å². The SMILES string of the molecule is CCOC(=O)C1CC[NH+](CC(=O)NC(c2ccccc2)c2ccccc2)CC1. The Morgan fingerprint density at radius 3 is 2.04 bits per heavy atom. The number of nitrogens with one attached hydrogen (secondary N) is 2. The molecule has 0 spiro atoms. The lowest BCUT2D eigenvalue weighted by Crippen LogP contribution is -3.14. The Morgan fingerprint density at radius 1 is 1.00 bits per heavy atom. The number of benzene rings is 2. The summed E-state index contributed by atoms with van der Waals surface area (Å²) in [6.45, 7) is 4.31. The van der Waals surface area contributed by atoms with Crippen molar-refractivity contribution in [2.24, 2.45) is 5.92 Å². The standard InChI is InChI=1S/C23H28N2O3/c1-2-28-23(27)20-13-15-25(16-14-20)17-21(26)24-22(18-9-5-3-6-10-18)19-11-7-4-8-12-19/h3-12,20,22H,2,13-17H2,1H3,(H,24,26)/p+1. The average Bonchev–Trinajstić information content (AvgIpc) is 2.74. The molecule has 0 radical (unpaired) electrons. The maximum absolute atomic E-state index is 12.8. The molecule has 2 aromatic carbocycles. The monoisotopic (exact) mass is 381 g/mol. The fourth-order valence-corrected chi connectivity index (χ4v) is 3.79. The van der Waals surface area contributed by atoms with Gasteiger partial charge in [0, 0.05) is 12.8 Å². The van der Waals surface area contributed by atoms with Gasteiger partial charge >= 0.3 is 5.97 Å². The van der Waals surface area contributed by atoms with Crippen LogP contribution in [-0.2, 0) is 14.3 Å². The van der Waals surface area contributed by atoms with Crippen molar-refractivity contribution in [2.45, 2.75) is 25.8 Å². The third-order valence-electron chi connectivity index (χ3n) is 5.29. The first-order valence-electron chi connectivity index (χ1n) is 10.1. The van der Waals surface area contributed by atoms with E-state index in [1.54, 1.807) is 0 Å². The molecule has 5 nitrogen and oxygen atoms in total. The third kappa shape index (κ3) is 5.42. The van der Waals surface area contributed by atoms with Gasteiger partial charge in [0.15, 0.2) is 6.54 Å². The van der Waals surface area contributed by atoms with Crippen LogP contribution in [0.3, 0.4) is 0 Å². The number of quaternary nitrogens is 1. The third-order valence-corrected chi connectivity index (χ3v) is 5.29. The number of amides is 1. The van der Waals surface area contributed by atoms with E-state index in [0.29, 0.717) is 13.2 Å². The lowest BCUT2D eigenvalue weighted by atomic mass is 9.97. The fraction of sp³-hybridized carbons (Fsp3) is 0.391. The number of likely N-dealkylation sites (tertiary alicyclic amines) is 1. The molecule has 2 N–H and O–H groups in total. The minimum Gasteiger partial charge on any atom is -0.466 e. The zero-order chi connectivity index (χ0) is 19.8. The highest BCUT2D eigenvalue weighted by molar-refractivity contribution is 5.78. The van der Waals surface area contributed by atoms with E-state index in [-0.39, 0.29) is 23.8 Å². The highest BCUT2D eigenvalue weighted by Gasteiger charge is 2.30. The minimum atomic E-state index is -0.161. The molecule has 0 aliphatic carbocycles. The Hall–Kier alpha value is -2.66. The van der Waals surface area contributed by atoms with Crippen LogP contribution in [-0.4, -0.2) is 38.1 Å². The van der Waals surface area contributed by atoms with Crippen LogP contribution in [0, 0.1) is 5.92 Å². The van der Waals surface area contributed by atoms with Gasteiger partial charge in [0.1, 0.15) is 0 Å². The Morgan fingerprint density at radius 2 is 1.54 bits per heavy atom. The zero-order valence-electron chi connectivity index (χ0n) is 16.4. The van der Waals surface area contributed by atoms with E-state index in [1.165, 1.54) is 4.90 Å². The van der Waals surface area contributed by atoms with E-state index in [4.69, 9.17) is 4.74 Å². The summed E-state index contributed by atoms with van der Waals surface area (Å²) in [5.41, 5.74) is 2.14. The summed E-state index contributed by atoms with van der Waals surface area (Å²) in [6.07, 6.45) is 1.56. The lowest BCUT2D eigenvalue weighted by Gasteiger charge is -2.28. The fourth-order valence-electron chi connectivity index (χ4n) is 3.79. The molecule has 0 bridgehead atoms. The maximum Gasteiger partial charge on any atom is 0.309 e. The highest BCUT2D eigenvalue weighted by atomic mass is 16.5. The molecule has 1 amide bonds. The Balaban J connectivity index is 1.59. The lowest BCUT2D eigenvalue weighted by molar-refractivity contribution is -0.897. The number of hydrogen-bond donors (Lipinski definition) is 2. The molecule has 0 saturated carbocycles. The van der Waals surface area contributed by atoms with Crippen LogP contribution in [0.25, 0.3) is 0 Å². The van der Waals surface area contributed by atoms with Gasteiger partial charge < -0.3 is 15.0 Å². The van der Waals surface area contributed by atoms with E-state index in [0.717, 1.165) is 37.1 Å². The molecule has 148 valence electrons. The van der Waals surface area contributed by atoms with Crippen LogP contribution in [0.2, 0.25) is 0 Å². The summed E-state index contributed by atoms with van der Waals surface area (Å²) >= 11 is 0. The molecule has 1 aliphatic rings. The van der Waals surface area contributed by atoms with Crippen molar-refractivity contribution in [3.05, 3.63) is 71.8 Å². The number of carbonyl (C=O) groups is 2. The summed E-state index contributed by atoms with van der Waals surface area (Å²) in [4.78, 5) is 25.9. The summed E-state index contributed by atoms with van der Waals surface area (Å²) in [5.74, 6) is -0.0883. The van der Waals surface area contributed by atoms with Crippen molar-refractivity contribution in [2.75, 3.05) is 26.2 Å². The van der Waals surface area contributed by atoms with Gasteiger partial charge in [-0.05, 0) is 18.1 Å². The molecular formula is C23H29N2O3+. The molecule has 0 unspecified atom stereocenters. The van der Waals surface area contributed by atoms with Crippen LogP contribution in [0.5, 0.6) is 0 Å². The van der Waals surface area contributed by atoms with E-state index in [1.807, 2.05) is 67.6 Å². The molecule has 5 heteroatoms. The smallest absolute Gasteiger partial charge is 0.309 e. The minimum absolute atomic E-state index is 0.0202. The molecule has 28 heavy (non-hydrogen) atoms. The number of rotatable bonds is 7.